The number of hydrogen-bond acceptors (Lipinski definition) is 5. The number of anilines is 1. The second kappa shape index (κ2) is 6.95. The van der Waals surface area contributed by atoms with Gasteiger partial charge in [-0.3, -0.25) is 9.98 Å². The number of halogens is 3. The summed E-state index contributed by atoms with van der Waals surface area (Å²) in [6.45, 7) is 0.652. The van der Waals surface area contributed by atoms with Gasteiger partial charge in [-0.2, -0.15) is 13.2 Å². The molecule has 0 saturated carbocycles. The molecule has 0 unspecified atom stereocenters. The lowest BCUT2D eigenvalue weighted by atomic mass is 10.0. The van der Waals surface area contributed by atoms with Crippen LogP contribution in [0.4, 0.5) is 24.5 Å². The van der Waals surface area contributed by atoms with Crippen molar-refractivity contribution in [3.05, 3.63) is 60.6 Å². The highest BCUT2D eigenvalue weighted by Gasteiger charge is 2.30. The summed E-state index contributed by atoms with van der Waals surface area (Å²) in [7, 11) is 1.94. The number of hydrogen-bond donors (Lipinski definition) is 0. The van der Waals surface area contributed by atoms with E-state index in [1.54, 1.807) is 30.9 Å². The summed E-state index contributed by atoms with van der Waals surface area (Å²) in [5.74, 6) is 0.539. The van der Waals surface area contributed by atoms with E-state index in [2.05, 4.69) is 15.0 Å². The number of nitrogens with zero attached hydrogens (tertiary/aromatic N) is 4. The van der Waals surface area contributed by atoms with Crippen LogP contribution in [0.15, 0.2) is 60.0 Å². The molecule has 1 aromatic carbocycles. The maximum Gasteiger partial charge on any atom is 0.416 e. The molecule has 8 heteroatoms. The molecule has 0 bridgehead atoms. The average molecular weight is 384 g/mol. The third-order valence-corrected chi connectivity index (χ3v) is 4.32. The lowest BCUT2D eigenvalue weighted by Crippen LogP contribution is -2.23. The van der Waals surface area contributed by atoms with Gasteiger partial charge >= 0.3 is 6.18 Å². The molecule has 5 nitrogen and oxygen atoms in total. The Hall–Kier alpha value is -3.42. The van der Waals surface area contributed by atoms with Crippen molar-refractivity contribution in [1.82, 2.24) is 9.97 Å². The molecule has 0 N–H and O–H groups in total. The molecule has 0 aliphatic carbocycles. The number of pyridine rings is 2. The molecule has 3 heterocycles. The smallest absolute Gasteiger partial charge is 0.416 e. The minimum Gasteiger partial charge on any atom is -0.438 e. The minimum atomic E-state index is -4.39. The van der Waals surface area contributed by atoms with E-state index in [4.69, 9.17) is 4.74 Å². The molecular formula is C20H15F3N4O. The van der Waals surface area contributed by atoms with Gasteiger partial charge in [-0.25, -0.2) is 4.98 Å². The van der Waals surface area contributed by atoms with Crippen LogP contribution in [-0.4, -0.2) is 29.8 Å². The summed E-state index contributed by atoms with van der Waals surface area (Å²) in [4.78, 5) is 14.9. The number of alkyl halides is 3. The highest BCUT2D eigenvalue weighted by Crippen LogP contribution is 2.42. The zero-order chi connectivity index (χ0) is 19.7. The predicted molar refractivity (Wildman–Crippen MR) is 100 cm³/mol. The molecule has 1 aliphatic rings. The van der Waals surface area contributed by atoms with Crippen molar-refractivity contribution in [1.29, 1.82) is 0 Å². The molecule has 0 fully saturated rings. The molecule has 3 aromatic rings. The van der Waals surface area contributed by atoms with E-state index in [1.165, 1.54) is 12.1 Å². The molecule has 142 valence electrons. The van der Waals surface area contributed by atoms with Crippen molar-refractivity contribution in [2.45, 2.75) is 6.18 Å². The molecule has 0 radical (unpaired) electrons. The molecule has 0 amide bonds. The van der Waals surface area contributed by atoms with Crippen LogP contribution < -0.4 is 9.64 Å². The third-order valence-electron chi connectivity index (χ3n) is 4.32. The van der Waals surface area contributed by atoms with Crippen LogP contribution in [0.2, 0.25) is 0 Å². The van der Waals surface area contributed by atoms with E-state index in [0.29, 0.717) is 12.1 Å². The van der Waals surface area contributed by atoms with Crippen molar-refractivity contribution < 1.29 is 17.9 Å². The van der Waals surface area contributed by atoms with Crippen molar-refractivity contribution >= 4 is 17.6 Å². The number of aromatic nitrogens is 2. The zero-order valence-corrected chi connectivity index (χ0v) is 14.8. The fourth-order valence-electron chi connectivity index (χ4n) is 2.99. The van der Waals surface area contributed by atoms with E-state index in [9.17, 15) is 13.2 Å². The largest absolute Gasteiger partial charge is 0.438 e. The number of rotatable bonds is 3. The van der Waals surface area contributed by atoms with Gasteiger partial charge in [0.15, 0.2) is 0 Å². The number of benzene rings is 1. The first-order valence-corrected chi connectivity index (χ1v) is 8.45. The Morgan fingerprint density at radius 1 is 1.04 bits per heavy atom. The molecule has 0 atom stereocenters. The van der Waals surface area contributed by atoms with Crippen molar-refractivity contribution in [3.8, 4) is 22.8 Å². The quantitative estimate of drug-likeness (QED) is 0.630. The Morgan fingerprint density at radius 3 is 2.57 bits per heavy atom. The van der Waals surface area contributed by atoms with E-state index < -0.39 is 11.7 Å². The second-order valence-electron chi connectivity index (χ2n) is 6.23. The molecule has 28 heavy (non-hydrogen) atoms. The highest BCUT2D eigenvalue weighted by molar-refractivity contribution is 5.92. The predicted octanol–water partition coefficient (Wildman–Crippen LogP) is 5.11. The number of aliphatic imine (C=N–C) groups is 1. The summed E-state index contributed by atoms with van der Waals surface area (Å²) in [5, 5.41) is 0. The van der Waals surface area contributed by atoms with Gasteiger partial charge in [-0.15, -0.1) is 0 Å². The van der Waals surface area contributed by atoms with Gasteiger partial charge in [0.25, 0.3) is 0 Å². The molecule has 0 spiro atoms. The Morgan fingerprint density at radius 2 is 1.82 bits per heavy atom. The Kier molecular flexibility index (Phi) is 4.46. The van der Waals surface area contributed by atoms with E-state index in [1.807, 2.05) is 18.0 Å². The summed E-state index contributed by atoms with van der Waals surface area (Å²) < 4.78 is 44.1. The molecule has 2 aromatic heterocycles. The van der Waals surface area contributed by atoms with Gasteiger partial charge in [-0.05, 0) is 36.4 Å². The normalized spacial score (nSPS) is 13.4. The lowest BCUT2D eigenvalue weighted by Gasteiger charge is -2.25. The van der Waals surface area contributed by atoms with Gasteiger partial charge in [-0.1, -0.05) is 0 Å². The molecule has 0 saturated heterocycles. The first kappa shape index (κ1) is 18.0. The first-order valence-electron chi connectivity index (χ1n) is 8.45. The first-order chi connectivity index (χ1) is 13.4. The summed E-state index contributed by atoms with van der Waals surface area (Å²) in [6.07, 6.45) is 2.35. The van der Waals surface area contributed by atoms with Gasteiger partial charge in [0.1, 0.15) is 11.4 Å². The van der Waals surface area contributed by atoms with E-state index in [-0.39, 0.29) is 11.6 Å². The van der Waals surface area contributed by atoms with Crippen molar-refractivity contribution in [2.24, 2.45) is 4.99 Å². The Bertz CT molecular complexity index is 1030. The van der Waals surface area contributed by atoms with Crippen LogP contribution >= 0.6 is 0 Å². The topological polar surface area (TPSA) is 50.6 Å². The van der Waals surface area contributed by atoms with Crippen molar-refractivity contribution in [2.75, 3.05) is 18.5 Å². The van der Waals surface area contributed by atoms with Crippen LogP contribution in [0.25, 0.3) is 11.1 Å². The zero-order valence-electron chi connectivity index (χ0n) is 14.8. The lowest BCUT2D eigenvalue weighted by molar-refractivity contribution is -0.137. The SMILES string of the molecule is CN1CC=Nc2cncc(-c3cccnc3Oc3ccc(C(F)(F)F)cc3)c21. The van der Waals surface area contributed by atoms with Gasteiger partial charge in [0, 0.05) is 36.8 Å². The number of ether oxygens (including phenoxy) is 1. The Labute approximate surface area is 159 Å². The van der Waals surface area contributed by atoms with Crippen LogP contribution in [-0.2, 0) is 6.18 Å². The van der Waals surface area contributed by atoms with Gasteiger partial charge < -0.3 is 9.64 Å². The van der Waals surface area contributed by atoms with E-state index in [0.717, 1.165) is 29.1 Å². The monoisotopic (exact) mass is 384 g/mol. The molecule has 1 aliphatic heterocycles. The maximum atomic E-state index is 12.8. The van der Waals surface area contributed by atoms with Crippen molar-refractivity contribution in [3.63, 3.8) is 0 Å². The summed E-state index contributed by atoms with van der Waals surface area (Å²) in [6, 6.07) is 8.10. The van der Waals surface area contributed by atoms with Crippen LogP contribution in [0.5, 0.6) is 11.6 Å². The van der Waals surface area contributed by atoms with Crippen LogP contribution in [0.1, 0.15) is 5.56 Å². The standard InChI is InChI=1S/C20H15F3N4O/c1-27-10-9-25-17-12-24-11-16(18(17)27)15-3-2-8-26-19(15)28-14-6-4-13(5-7-14)20(21,22)23/h2-9,11-12H,10H2,1H3. The van der Waals surface area contributed by atoms with Crippen LogP contribution in [0.3, 0.4) is 0 Å². The van der Waals surface area contributed by atoms with E-state index >= 15 is 0 Å². The minimum absolute atomic E-state index is 0.261. The average Bonchev–Trinajstić information content (AvgIpc) is 2.68. The third kappa shape index (κ3) is 3.40. The summed E-state index contributed by atoms with van der Waals surface area (Å²) in [5.41, 5.74) is 2.35. The van der Waals surface area contributed by atoms with Gasteiger partial charge in [0.2, 0.25) is 5.88 Å². The maximum absolute atomic E-state index is 12.8. The highest BCUT2D eigenvalue weighted by atomic mass is 19.4. The Balaban J connectivity index is 1.72. The molecular weight excluding hydrogens is 369 g/mol. The van der Waals surface area contributed by atoms with Crippen LogP contribution in [0, 0.1) is 0 Å². The molecule has 4 rings (SSSR count). The second-order valence-corrected chi connectivity index (χ2v) is 6.23. The fraction of sp³-hybridized carbons (Fsp3) is 0.150. The van der Waals surface area contributed by atoms with Gasteiger partial charge in [0.05, 0.1) is 24.0 Å². The number of fused-ring (bicyclic) bond motifs is 1. The fourth-order valence-corrected chi connectivity index (χ4v) is 2.99. The summed E-state index contributed by atoms with van der Waals surface area (Å²) >= 11 is 0.